The fraction of sp³-hybridized carbons (Fsp3) is 0.0833. The Balaban J connectivity index is 2.11. The first-order valence-electron chi connectivity index (χ1n) is 5.23. The second-order valence-electron chi connectivity index (χ2n) is 3.80. The standard InChI is InChI=1S/C12H11N3OS/c13-5-8-6-17-12(14-8)11-4-7-3-9(16)1-2-10(7)15-11/h1-4,6,15-16H,5,13H2. The van der Waals surface area contributed by atoms with Crippen molar-refractivity contribution in [1.82, 2.24) is 9.97 Å². The van der Waals surface area contributed by atoms with Gasteiger partial charge in [-0.05, 0) is 24.3 Å². The number of nitrogens with two attached hydrogens (primary N) is 1. The Bertz CT molecular complexity index is 671. The predicted octanol–water partition coefficient (Wildman–Crippen LogP) is 2.46. The number of aromatic hydroxyl groups is 1. The first-order valence-corrected chi connectivity index (χ1v) is 6.11. The molecule has 4 nitrogen and oxygen atoms in total. The molecule has 0 unspecified atom stereocenters. The van der Waals surface area contributed by atoms with Crippen LogP contribution < -0.4 is 5.73 Å². The van der Waals surface area contributed by atoms with Crippen molar-refractivity contribution in [3.05, 3.63) is 35.3 Å². The molecule has 1 aromatic carbocycles. The summed E-state index contributed by atoms with van der Waals surface area (Å²) < 4.78 is 0. The van der Waals surface area contributed by atoms with E-state index in [1.165, 1.54) is 0 Å². The number of nitrogens with one attached hydrogen (secondary N) is 1. The average molecular weight is 245 g/mol. The maximum absolute atomic E-state index is 9.41. The van der Waals surface area contributed by atoms with Crippen LogP contribution in [0, 0.1) is 0 Å². The molecule has 0 aliphatic heterocycles. The van der Waals surface area contributed by atoms with E-state index in [9.17, 15) is 5.11 Å². The van der Waals surface area contributed by atoms with Gasteiger partial charge in [-0.3, -0.25) is 0 Å². The molecule has 0 amide bonds. The molecule has 0 aliphatic carbocycles. The van der Waals surface area contributed by atoms with Crippen LogP contribution >= 0.6 is 11.3 Å². The van der Waals surface area contributed by atoms with Gasteiger partial charge in [0.05, 0.1) is 11.4 Å². The van der Waals surface area contributed by atoms with Crippen LogP contribution in [0.25, 0.3) is 21.6 Å². The summed E-state index contributed by atoms with van der Waals surface area (Å²) >= 11 is 1.56. The van der Waals surface area contributed by atoms with Crippen LogP contribution in [0.4, 0.5) is 0 Å². The highest BCUT2D eigenvalue weighted by Crippen LogP contribution is 2.28. The Morgan fingerprint density at radius 1 is 1.35 bits per heavy atom. The zero-order chi connectivity index (χ0) is 11.8. The number of phenolic OH excluding ortho intramolecular Hbond substituents is 1. The van der Waals surface area contributed by atoms with E-state index in [4.69, 9.17) is 5.73 Å². The van der Waals surface area contributed by atoms with Crippen molar-refractivity contribution in [2.45, 2.75) is 6.54 Å². The predicted molar refractivity (Wildman–Crippen MR) is 69.0 cm³/mol. The maximum atomic E-state index is 9.41. The lowest BCUT2D eigenvalue weighted by Crippen LogP contribution is -1.95. The normalized spacial score (nSPS) is 11.1. The zero-order valence-corrected chi connectivity index (χ0v) is 9.79. The molecule has 2 aromatic heterocycles. The van der Waals surface area contributed by atoms with E-state index in [1.807, 2.05) is 17.5 Å². The van der Waals surface area contributed by atoms with Gasteiger partial charge in [-0.2, -0.15) is 0 Å². The SMILES string of the molecule is NCc1csc(-c2cc3cc(O)ccc3[nH]2)n1. The number of hydrogen-bond acceptors (Lipinski definition) is 4. The molecule has 2 heterocycles. The van der Waals surface area contributed by atoms with Crippen LogP contribution in [0.3, 0.4) is 0 Å². The Morgan fingerprint density at radius 3 is 3.00 bits per heavy atom. The summed E-state index contributed by atoms with van der Waals surface area (Å²) in [5.41, 5.74) is 8.37. The second-order valence-corrected chi connectivity index (χ2v) is 4.66. The number of phenols is 1. The van der Waals surface area contributed by atoms with E-state index >= 15 is 0 Å². The summed E-state index contributed by atoms with van der Waals surface area (Å²) in [5.74, 6) is 0.268. The molecule has 0 fully saturated rings. The van der Waals surface area contributed by atoms with Crippen LogP contribution in [0.2, 0.25) is 0 Å². The largest absolute Gasteiger partial charge is 0.508 e. The number of thiazole rings is 1. The van der Waals surface area contributed by atoms with Gasteiger partial charge in [0.1, 0.15) is 10.8 Å². The molecule has 0 saturated carbocycles. The molecule has 0 aliphatic rings. The minimum Gasteiger partial charge on any atom is -0.508 e. The van der Waals surface area contributed by atoms with Crippen LogP contribution in [-0.2, 0) is 6.54 Å². The summed E-state index contributed by atoms with van der Waals surface area (Å²) in [6.07, 6.45) is 0. The number of hydrogen-bond donors (Lipinski definition) is 3. The van der Waals surface area contributed by atoms with Gasteiger partial charge in [0.15, 0.2) is 0 Å². The number of fused-ring (bicyclic) bond motifs is 1. The summed E-state index contributed by atoms with van der Waals surface area (Å²) in [6, 6.07) is 7.22. The van der Waals surface area contributed by atoms with Crippen molar-refractivity contribution < 1.29 is 5.11 Å². The Hall–Kier alpha value is -1.85. The van der Waals surface area contributed by atoms with Crippen LogP contribution in [0.15, 0.2) is 29.6 Å². The summed E-state index contributed by atoms with van der Waals surface area (Å²) in [5, 5.41) is 13.3. The molecular formula is C12H11N3OS. The third-order valence-electron chi connectivity index (χ3n) is 2.60. The van der Waals surface area contributed by atoms with Gasteiger partial charge >= 0.3 is 0 Å². The molecule has 0 saturated heterocycles. The molecule has 4 N–H and O–H groups in total. The molecule has 0 bridgehead atoms. The summed E-state index contributed by atoms with van der Waals surface area (Å²) in [7, 11) is 0. The van der Waals surface area contributed by atoms with E-state index in [0.717, 1.165) is 27.3 Å². The van der Waals surface area contributed by atoms with Crippen molar-refractivity contribution in [3.8, 4) is 16.5 Å². The maximum Gasteiger partial charge on any atom is 0.140 e. The van der Waals surface area contributed by atoms with Crippen LogP contribution in [0.5, 0.6) is 5.75 Å². The highest BCUT2D eigenvalue weighted by atomic mass is 32.1. The lowest BCUT2D eigenvalue weighted by atomic mass is 10.2. The molecule has 3 aromatic rings. The number of aromatic nitrogens is 2. The van der Waals surface area contributed by atoms with Gasteiger partial charge in [0.25, 0.3) is 0 Å². The van der Waals surface area contributed by atoms with E-state index < -0.39 is 0 Å². The Kier molecular flexibility index (Phi) is 2.35. The van der Waals surface area contributed by atoms with E-state index in [-0.39, 0.29) is 5.75 Å². The first-order chi connectivity index (χ1) is 8.26. The third kappa shape index (κ3) is 1.79. The minimum absolute atomic E-state index is 0.268. The van der Waals surface area contributed by atoms with Crippen molar-refractivity contribution in [2.75, 3.05) is 0 Å². The molecule has 3 rings (SSSR count). The highest BCUT2D eigenvalue weighted by Gasteiger charge is 2.07. The molecular weight excluding hydrogens is 234 g/mol. The van der Waals surface area contributed by atoms with Gasteiger partial charge in [0.2, 0.25) is 0 Å². The van der Waals surface area contributed by atoms with Gasteiger partial charge in [-0.15, -0.1) is 11.3 Å². The fourth-order valence-corrected chi connectivity index (χ4v) is 2.56. The average Bonchev–Trinajstić information content (AvgIpc) is 2.93. The molecule has 5 heteroatoms. The number of nitrogens with zero attached hydrogens (tertiary/aromatic N) is 1. The van der Waals surface area contributed by atoms with Crippen molar-refractivity contribution in [2.24, 2.45) is 5.73 Å². The van der Waals surface area contributed by atoms with E-state index in [1.54, 1.807) is 23.5 Å². The number of H-pyrrole nitrogens is 1. The third-order valence-corrected chi connectivity index (χ3v) is 3.52. The van der Waals surface area contributed by atoms with Crippen LogP contribution in [-0.4, -0.2) is 15.1 Å². The molecule has 86 valence electrons. The van der Waals surface area contributed by atoms with Crippen molar-refractivity contribution >= 4 is 22.2 Å². The molecule has 0 atom stereocenters. The van der Waals surface area contributed by atoms with E-state index in [2.05, 4.69) is 9.97 Å². The summed E-state index contributed by atoms with van der Waals surface area (Å²) in [4.78, 5) is 7.69. The lowest BCUT2D eigenvalue weighted by molar-refractivity contribution is 0.476. The fourth-order valence-electron chi connectivity index (χ4n) is 1.76. The minimum atomic E-state index is 0.268. The number of rotatable bonds is 2. The van der Waals surface area contributed by atoms with Crippen molar-refractivity contribution in [1.29, 1.82) is 0 Å². The Labute approximate surface area is 102 Å². The highest BCUT2D eigenvalue weighted by molar-refractivity contribution is 7.13. The van der Waals surface area contributed by atoms with Gasteiger partial charge in [-0.1, -0.05) is 0 Å². The number of benzene rings is 1. The molecule has 0 radical (unpaired) electrons. The zero-order valence-electron chi connectivity index (χ0n) is 8.97. The monoisotopic (exact) mass is 245 g/mol. The van der Waals surface area contributed by atoms with Gasteiger partial charge < -0.3 is 15.8 Å². The molecule has 17 heavy (non-hydrogen) atoms. The van der Waals surface area contributed by atoms with Crippen LogP contribution in [0.1, 0.15) is 5.69 Å². The Morgan fingerprint density at radius 2 is 2.24 bits per heavy atom. The quantitative estimate of drug-likeness (QED) is 0.649. The first kappa shape index (κ1) is 10.3. The van der Waals surface area contributed by atoms with Gasteiger partial charge in [0, 0.05) is 22.8 Å². The summed E-state index contributed by atoms with van der Waals surface area (Å²) in [6.45, 7) is 0.456. The second kappa shape index (κ2) is 3.87. The smallest absolute Gasteiger partial charge is 0.140 e. The van der Waals surface area contributed by atoms with E-state index in [0.29, 0.717) is 6.54 Å². The number of aromatic amines is 1. The van der Waals surface area contributed by atoms with Crippen molar-refractivity contribution in [3.63, 3.8) is 0 Å². The topological polar surface area (TPSA) is 74.9 Å². The lowest BCUT2D eigenvalue weighted by Gasteiger charge is -1.90. The molecule has 0 spiro atoms. The van der Waals surface area contributed by atoms with Gasteiger partial charge in [-0.25, -0.2) is 4.98 Å².